The minimum absolute atomic E-state index is 0.299. The second-order valence-electron chi connectivity index (χ2n) is 3.52. The fraction of sp³-hybridized carbons (Fsp3) is 0.429. The Labute approximate surface area is 107 Å². The third kappa shape index (κ3) is 3.80. The zero-order chi connectivity index (χ0) is 14.8. The number of carboxylic acid groups (broad SMARTS) is 1. The summed E-state index contributed by atoms with van der Waals surface area (Å²) in [6, 6.07) is -2.37. The highest BCUT2D eigenvalue weighted by atomic mass is 32.2. The van der Waals surface area contributed by atoms with Crippen LogP contribution in [-0.4, -0.2) is 54.9 Å². The van der Waals surface area contributed by atoms with Crippen molar-refractivity contribution in [2.24, 2.45) is 0 Å². The molecule has 0 spiro atoms. The maximum Gasteiger partial charge on any atom is 0.405 e. The molecule has 1 atom stereocenters. The molecule has 1 unspecified atom stereocenters. The van der Waals surface area contributed by atoms with Crippen LogP contribution in [0.3, 0.4) is 0 Å². The van der Waals surface area contributed by atoms with E-state index in [1.165, 1.54) is 9.44 Å². The number of imide groups is 1. The fourth-order valence-electron chi connectivity index (χ4n) is 1.25. The van der Waals surface area contributed by atoms with Crippen molar-refractivity contribution >= 4 is 34.1 Å². The van der Waals surface area contributed by atoms with Crippen molar-refractivity contribution < 1.29 is 32.7 Å². The SMILES string of the molecule is CC(=O)NS(=O)(=O)NC(=O)N1CC(NC(=O)O)C1=O. The number of amides is 5. The number of nitrogens with zero attached hydrogens (tertiary/aromatic N) is 1. The van der Waals surface area contributed by atoms with E-state index in [0.717, 1.165) is 6.92 Å². The Hall–Kier alpha value is -2.37. The van der Waals surface area contributed by atoms with E-state index >= 15 is 0 Å². The summed E-state index contributed by atoms with van der Waals surface area (Å²) in [6.07, 6.45) is -1.44. The summed E-state index contributed by atoms with van der Waals surface area (Å²) >= 11 is 0. The summed E-state index contributed by atoms with van der Waals surface area (Å²) in [7, 11) is -4.39. The van der Waals surface area contributed by atoms with Gasteiger partial charge in [0.15, 0.2) is 0 Å². The third-order valence-corrected chi connectivity index (χ3v) is 2.97. The van der Waals surface area contributed by atoms with Gasteiger partial charge >= 0.3 is 22.3 Å². The van der Waals surface area contributed by atoms with E-state index in [1.807, 2.05) is 5.32 Å². The van der Waals surface area contributed by atoms with Gasteiger partial charge in [-0.2, -0.15) is 8.42 Å². The highest BCUT2D eigenvalue weighted by molar-refractivity contribution is 7.88. The third-order valence-electron chi connectivity index (χ3n) is 1.97. The van der Waals surface area contributed by atoms with Gasteiger partial charge in [-0.25, -0.2) is 19.0 Å². The molecule has 0 bridgehead atoms. The molecule has 4 N–H and O–H groups in total. The second-order valence-corrected chi connectivity index (χ2v) is 4.93. The highest BCUT2D eigenvalue weighted by Gasteiger charge is 2.42. The van der Waals surface area contributed by atoms with Crippen LogP contribution in [0.25, 0.3) is 0 Å². The van der Waals surface area contributed by atoms with Gasteiger partial charge in [-0.1, -0.05) is 0 Å². The minimum Gasteiger partial charge on any atom is -0.465 e. The molecule has 12 heteroatoms. The van der Waals surface area contributed by atoms with Crippen LogP contribution in [-0.2, 0) is 19.8 Å². The summed E-state index contributed by atoms with van der Waals surface area (Å²) in [5, 5.41) is 10.2. The lowest BCUT2D eigenvalue weighted by Gasteiger charge is -2.35. The number of carbonyl (C=O) groups excluding carboxylic acids is 3. The van der Waals surface area contributed by atoms with Crippen molar-refractivity contribution in [1.82, 2.24) is 19.7 Å². The zero-order valence-electron chi connectivity index (χ0n) is 9.54. The zero-order valence-corrected chi connectivity index (χ0v) is 10.4. The number of likely N-dealkylation sites (tertiary alicyclic amines) is 1. The van der Waals surface area contributed by atoms with Crippen LogP contribution in [0.15, 0.2) is 0 Å². The first-order chi connectivity index (χ1) is 8.62. The van der Waals surface area contributed by atoms with Crippen LogP contribution in [0.4, 0.5) is 9.59 Å². The van der Waals surface area contributed by atoms with E-state index in [9.17, 15) is 27.6 Å². The normalized spacial score (nSPS) is 18.3. The molecule has 11 nitrogen and oxygen atoms in total. The summed E-state index contributed by atoms with van der Waals surface area (Å²) in [5.74, 6) is -1.81. The molecule has 1 heterocycles. The highest BCUT2D eigenvalue weighted by Crippen LogP contribution is 2.10. The summed E-state index contributed by atoms with van der Waals surface area (Å²) < 4.78 is 25.2. The molecule has 1 saturated heterocycles. The summed E-state index contributed by atoms with van der Waals surface area (Å²) in [4.78, 5) is 43.9. The van der Waals surface area contributed by atoms with Gasteiger partial charge in [0.1, 0.15) is 6.04 Å². The van der Waals surface area contributed by atoms with Crippen LogP contribution in [0.5, 0.6) is 0 Å². The number of β-lactam (4-membered cyclic amide) rings is 1. The van der Waals surface area contributed by atoms with Gasteiger partial charge in [0, 0.05) is 6.92 Å². The Morgan fingerprint density at radius 2 is 1.89 bits per heavy atom. The van der Waals surface area contributed by atoms with E-state index in [-0.39, 0.29) is 6.54 Å². The fourth-order valence-corrected chi connectivity index (χ4v) is 2.02. The molecular weight excluding hydrogens is 284 g/mol. The molecule has 1 aliphatic rings. The molecule has 0 aromatic heterocycles. The smallest absolute Gasteiger partial charge is 0.405 e. The van der Waals surface area contributed by atoms with E-state index in [4.69, 9.17) is 5.11 Å². The van der Waals surface area contributed by atoms with E-state index < -0.39 is 40.2 Å². The average molecular weight is 294 g/mol. The summed E-state index contributed by atoms with van der Waals surface area (Å²) in [6.45, 7) is 0.623. The first-order valence-electron chi connectivity index (χ1n) is 4.78. The van der Waals surface area contributed by atoms with Crippen LogP contribution >= 0.6 is 0 Å². The van der Waals surface area contributed by atoms with E-state index in [0.29, 0.717) is 4.90 Å². The lowest BCUT2D eigenvalue weighted by molar-refractivity contribution is -0.139. The molecule has 19 heavy (non-hydrogen) atoms. The molecule has 0 saturated carbocycles. The van der Waals surface area contributed by atoms with Gasteiger partial charge in [0.2, 0.25) is 5.91 Å². The lowest BCUT2D eigenvalue weighted by Crippen LogP contribution is -2.67. The first-order valence-corrected chi connectivity index (χ1v) is 6.26. The van der Waals surface area contributed by atoms with Gasteiger partial charge < -0.3 is 10.4 Å². The molecular formula is C7H10N4O7S. The topological polar surface area (TPSA) is 162 Å². The van der Waals surface area contributed by atoms with Crippen LogP contribution < -0.4 is 14.8 Å². The lowest BCUT2D eigenvalue weighted by atomic mass is 10.1. The molecule has 0 aromatic carbocycles. The van der Waals surface area contributed by atoms with Gasteiger partial charge in [-0.3, -0.25) is 14.5 Å². The number of hydrogen-bond donors (Lipinski definition) is 4. The van der Waals surface area contributed by atoms with Gasteiger partial charge in [0.25, 0.3) is 5.91 Å². The van der Waals surface area contributed by atoms with Gasteiger partial charge in [-0.15, -0.1) is 0 Å². The predicted molar refractivity (Wildman–Crippen MR) is 57.9 cm³/mol. The van der Waals surface area contributed by atoms with Gasteiger partial charge in [0.05, 0.1) is 6.54 Å². The average Bonchev–Trinajstić information content (AvgIpc) is 2.19. The number of carbonyl (C=O) groups is 4. The molecule has 1 rings (SSSR count). The maximum atomic E-state index is 11.4. The number of urea groups is 1. The van der Waals surface area contributed by atoms with Crippen molar-refractivity contribution in [2.45, 2.75) is 13.0 Å². The Morgan fingerprint density at radius 1 is 1.32 bits per heavy atom. The summed E-state index contributed by atoms with van der Waals surface area (Å²) in [5.41, 5.74) is 0. The van der Waals surface area contributed by atoms with E-state index in [2.05, 4.69) is 0 Å². The predicted octanol–water partition coefficient (Wildman–Crippen LogP) is -2.44. The van der Waals surface area contributed by atoms with Crippen molar-refractivity contribution in [3.05, 3.63) is 0 Å². The van der Waals surface area contributed by atoms with Crippen LogP contribution in [0.2, 0.25) is 0 Å². The molecule has 0 aromatic rings. The monoisotopic (exact) mass is 294 g/mol. The standard InChI is InChI=1S/C7H10N4O7S/c1-3(12)9-19(17,18)10-6(14)11-2-4(5(11)13)8-7(15)16/h4,8H,2H2,1H3,(H,9,12)(H,10,14)(H,15,16). The largest absolute Gasteiger partial charge is 0.465 e. The van der Waals surface area contributed by atoms with Crippen molar-refractivity contribution in [3.8, 4) is 0 Å². The van der Waals surface area contributed by atoms with Crippen molar-refractivity contribution in [2.75, 3.05) is 6.54 Å². The van der Waals surface area contributed by atoms with Crippen LogP contribution in [0, 0.1) is 0 Å². The maximum absolute atomic E-state index is 11.4. The van der Waals surface area contributed by atoms with Gasteiger partial charge in [-0.05, 0) is 0 Å². The minimum atomic E-state index is -4.39. The van der Waals surface area contributed by atoms with E-state index in [1.54, 1.807) is 0 Å². The second kappa shape index (κ2) is 5.09. The Morgan fingerprint density at radius 3 is 2.32 bits per heavy atom. The number of nitrogens with one attached hydrogen (secondary N) is 3. The number of hydrogen-bond acceptors (Lipinski definition) is 6. The van der Waals surface area contributed by atoms with Crippen molar-refractivity contribution in [1.29, 1.82) is 0 Å². The Balaban J connectivity index is 2.56. The molecule has 1 aliphatic heterocycles. The quantitative estimate of drug-likeness (QED) is 0.420. The molecule has 1 fully saturated rings. The Bertz CT molecular complexity index is 542. The first kappa shape index (κ1) is 14.7. The number of rotatable bonds is 3. The Kier molecular flexibility index (Phi) is 3.94. The molecule has 0 radical (unpaired) electrons. The molecule has 5 amide bonds. The molecule has 106 valence electrons. The molecule has 0 aliphatic carbocycles. The van der Waals surface area contributed by atoms with Crippen LogP contribution in [0.1, 0.15) is 6.92 Å². The van der Waals surface area contributed by atoms with Crippen molar-refractivity contribution in [3.63, 3.8) is 0 Å².